The molecule has 0 atom stereocenters. The van der Waals surface area contributed by atoms with Crippen LogP contribution in [-0.2, 0) is 11.8 Å². The highest BCUT2D eigenvalue weighted by Gasteiger charge is 2.22. The van der Waals surface area contributed by atoms with Gasteiger partial charge in [-0.2, -0.15) is 5.10 Å². The van der Waals surface area contributed by atoms with Crippen LogP contribution in [0.4, 0.5) is 5.82 Å². The molecule has 88 valence electrons. The molecule has 1 heterocycles. The minimum Gasteiger partial charge on any atom is -0.477 e. The minimum atomic E-state index is -1.07. The number of carbonyl (C=O) groups is 2. The van der Waals surface area contributed by atoms with E-state index in [0.29, 0.717) is 11.5 Å². The third-order valence-corrected chi connectivity index (χ3v) is 2.16. The van der Waals surface area contributed by atoms with E-state index in [1.165, 1.54) is 9.58 Å². The number of nitrogens with zero attached hydrogens (tertiary/aromatic N) is 3. The van der Waals surface area contributed by atoms with Gasteiger partial charge in [0.2, 0.25) is 5.91 Å². The number of hydrogen-bond donors (Lipinski definition) is 2. The molecule has 1 aromatic heterocycles. The number of rotatable bonds is 4. The van der Waals surface area contributed by atoms with Gasteiger partial charge in [0, 0.05) is 14.1 Å². The largest absolute Gasteiger partial charge is 0.477 e. The predicted octanol–water partition coefficient (Wildman–Crippen LogP) is -0.652. The summed E-state index contributed by atoms with van der Waals surface area (Å²) in [5.74, 6) is -1.24. The van der Waals surface area contributed by atoms with Crippen molar-refractivity contribution in [3.8, 4) is 0 Å². The summed E-state index contributed by atoms with van der Waals surface area (Å²) in [6.07, 6.45) is 0. The van der Waals surface area contributed by atoms with Crippen molar-refractivity contribution < 1.29 is 14.7 Å². The molecule has 0 unspecified atom stereocenters. The molecule has 0 aliphatic rings. The first-order valence-electron chi connectivity index (χ1n) is 4.61. The fourth-order valence-electron chi connectivity index (χ4n) is 1.64. The molecule has 1 amide bonds. The topological polar surface area (TPSA) is 101 Å². The number of aromatic carboxylic acids is 1. The normalized spacial score (nSPS) is 10.2. The van der Waals surface area contributed by atoms with Crippen molar-refractivity contribution in [3.05, 3.63) is 11.3 Å². The van der Waals surface area contributed by atoms with E-state index >= 15 is 0 Å². The molecule has 0 radical (unpaired) electrons. The molecule has 3 N–H and O–H groups in total. The maximum atomic E-state index is 11.0. The lowest BCUT2D eigenvalue weighted by Crippen LogP contribution is -2.32. The van der Waals surface area contributed by atoms with E-state index in [9.17, 15) is 9.59 Å². The maximum Gasteiger partial charge on any atom is 0.341 e. The van der Waals surface area contributed by atoms with Gasteiger partial charge in [0.05, 0.1) is 12.2 Å². The van der Waals surface area contributed by atoms with Crippen LogP contribution in [0.5, 0.6) is 0 Å². The lowest BCUT2D eigenvalue weighted by molar-refractivity contribution is -0.116. The summed E-state index contributed by atoms with van der Waals surface area (Å²) in [5.41, 5.74) is 5.55. The number of nitrogens with two attached hydrogens (primary N) is 1. The zero-order valence-corrected chi connectivity index (χ0v) is 9.39. The number of primary amides is 1. The molecule has 7 heteroatoms. The lowest BCUT2D eigenvalue weighted by atomic mass is 10.2. The second kappa shape index (κ2) is 4.21. The molecule has 1 rings (SSSR count). The molecule has 1 aromatic rings. The van der Waals surface area contributed by atoms with Crippen molar-refractivity contribution in [2.75, 3.05) is 18.5 Å². The van der Waals surface area contributed by atoms with Crippen LogP contribution < -0.4 is 10.6 Å². The average Bonchev–Trinajstić information content (AvgIpc) is 2.39. The summed E-state index contributed by atoms with van der Waals surface area (Å²) in [7, 11) is 3.21. The first-order valence-corrected chi connectivity index (χ1v) is 4.61. The number of carbonyl (C=O) groups excluding carboxylic acids is 1. The fourth-order valence-corrected chi connectivity index (χ4v) is 1.64. The molecule has 16 heavy (non-hydrogen) atoms. The number of amides is 1. The average molecular weight is 226 g/mol. The van der Waals surface area contributed by atoms with Gasteiger partial charge in [-0.05, 0) is 6.92 Å². The van der Waals surface area contributed by atoms with Crippen molar-refractivity contribution in [3.63, 3.8) is 0 Å². The van der Waals surface area contributed by atoms with Gasteiger partial charge in [-0.25, -0.2) is 4.79 Å². The van der Waals surface area contributed by atoms with Gasteiger partial charge >= 0.3 is 5.97 Å². The number of aromatic nitrogens is 2. The Labute approximate surface area is 92.4 Å². The lowest BCUT2D eigenvalue weighted by Gasteiger charge is -2.17. The molecule has 0 fully saturated rings. The van der Waals surface area contributed by atoms with Crippen LogP contribution in [0.3, 0.4) is 0 Å². The summed E-state index contributed by atoms with van der Waals surface area (Å²) >= 11 is 0. The Hall–Kier alpha value is -2.05. The van der Waals surface area contributed by atoms with Crippen LogP contribution in [0.15, 0.2) is 0 Å². The van der Waals surface area contributed by atoms with E-state index in [2.05, 4.69) is 5.10 Å². The van der Waals surface area contributed by atoms with E-state index in [1.54, 1.807) is 21.0 Å². The van der Waals surface area contributed by atoms with Crippen LogP contribution in [0, 0.1) is 6.92 Å². The van der Waals surface area contributed by atoms with Gasteiger partial charge in [-0.15, -0.1) is 0 Å². The molecule has 0 aliphatic heterocycles. The minimum absolute atomic E-state index is 0.0563. The number of anilines is 1. The smallest absolute Gasteiger partial charge is 0.341 e. The van der Waals surface area contributed by atoms with Crippen molar-refractivity contribution >= 4 is 17.7 Å². The molecule has 0 spiro atoms. The molecular weight excluding hydrogens is 212 g/mol. The number of carboxylic acid groups (broad SMARTS) is 1. The molecule has 0 saturated carbocycles. The Morgan fingerprint density at radius 1 is 1.56 bits per heavy atom. The predicted molar refractivity (Wildman–Crippen MR) is 57.4 cm³/mol. The number of hydrogen-bond acceptors (Lipinski definition) is 4. The summed E-state index contributed by atoms with van der Waals surface area (Å²) < 4.78 is 1.42. The van der Waals surface area contributed by atoms with Gasteiger partial charge < -0.3 is 15.7 Å². The number of aryl methyl sites for hydroxylation is 2. The Kier molecular flexibility index (Phi) is 3.17. The standard InChI is InChI=1S/C9H14N4O3/c1-5-7(9(15)16)8(13(3)11-5)12(2)4-6(10)14/h4H2,1-3H3,(H2,10,14)(H,15,16). The van der Waals surface area contributed by atoms with Crippen molar-refractivity contribution in [1.29, 1.82) is 0 Å². The second-order valence-electron chi connectivity index (χ2n) is 3.54. The van der Waals surface area contributed by atoms with Crippen molar-refractivity contribution in [2.24, 2.45) is 12.8 Å². The van der Waals surface area contributed by atoms with Crippen LogP contribution in [0.1, 0.15) is 16.1 Å². The van der Waals surface area contributed by atoms with Crippen molar-refractivity contribution in [2.45, 2.75) is 6.92 Å². The monoisotopic (exact) mass is 226 g/mol. The maximum absolute atomic E-state index is 11.0. The third-order valence-electron chi connectivity index (χ3n) is 2.16. The summed E-state index contributed by atoms with van der Waals surface area (Å²) in [4.78, 5) is 23.3. The van der Waals surface area contributed by atoms with Gasteiger partial charge in [0.15, 0.2) is 0 Å². The molecular formula is C9H14N4O3. The van der Waals surface area contributed by atoms with Gasteiger partial charge in [-0.1, -0.05) is 0 Å². The van der Waals surface area contributed by atoms with Crippen LogP contribution in [0.2, 0.25) is 0 Å². The fraction of sp³-hybridized carbons (Fsp3) is 0.444. The van der Waals surface area contributed by atoms with Gasteiger partial charge in [0.25, 0.3) is 0 Å². The molecule has 0 aromatic carbocycles. The summed E-state index contributed by atoms with van der Waals surface area (Å²) in [6, 6.07) is 0. The Morgan fingerprint density at radius 3 is 2.56 bits per heavy atom. The van der Waals surface area contributed by atoms with Gasteiger partial charge in [-0.3, -0.25) is 9.48 Å². The zero-order valence-electron chi connectivity index (χ0n) is 9.39. The quantitative estimate of drug-likeness (QED) is 0.710. The third kappa shape index (κ3) is 2.13. The summed E-state index contributed by atoms with van der Waals surface area (Å²) in [5, 5.41) is 13.0. The Balaban J connectivity index is 3.21. The van der Waals surface area contributed by atoms with E-state index in [1.807, 2.05) is 0 Å². The van der Waals surface area contributed by atoms with E-state index in [-0.39, 0.29) is 12.1 Å². The van der Waals surface area contributed by atoms with Gasteiger partial charge in [0.1, 0.15) is 11.4 Å². The van der Waals surface area contributed by atoms with Crippen LogP contribution in [-0.4, -0.2) is 40.4 Å². The molecule has 0 bridgehead atoms. The van der Waals surface area contributed by atoms with Crippen LogP contribution >= 0.6 is 0 Å². The summed E-state index contributed by atoms with van der Waals surface area (Å²) in [6.45, 7) is 1.55. The Bertz CT molecular complexity index is 438. The van der Waals surface area contributed by atoms with Crippen molar-refractivity contribution in [1.82, 2.24) is 9.78 Å². The molecule has 0 saturated heterocycles. The highest BCUT2D eigenvalue weighted by atomic mass is 16.4. The highest BCUT2D eigenvalue weighted by Crippen LogP contribution is 2.21. The zero-order chi connectivity index (χ0) is 12.5. The Morgan fingerprint density at radius 2 is 2.12 bits per heavy atom. The van der Waals surface area contributed by atoms with Crippen LogP contribution in [0.25, 0.3) is 0 Å². The van der Waals surface area contributed by atoms with E-state index < -0.39 is 11.9 Å². The van der Waals surface area contributed by atoms with E-state index in [0.717, 1.165) is 0 Å². The van der Waals surface area contributed by atoms with E-state index in [4.69, 9.17) is 10.8 Å². The molecule has 7 nitrogen and oxygen atoms in total. The SMILES string of the molecule is Cc1nn(C)c(N(C)CC(N)=O)c1C(=O)O. The molecule has 0 aliphatic carbocycles. The number of likely N-dealkylation sites (N-methyl/N-ethyl adjacent to an activating group) is 1. The second-order valence-corrected chi connectivity index (χ2v) is 3.54. The first kappa shape index (κ1) is 12.0. The highest BCUT2D eigenvalue weighted by molar-refractivity contribution is 5.95. The first-order chi connectivity index (χ1) is 7.34. The number of carboxylic acids is 1.